The van der Waals surface area contributed by atoms with Crippen LogP contribution in [-0.4, -0.2) is 57.4 Å². The molecule has 1 aliphatic heterocycles. The number of carbonyl (C=O) groups excluding carboxylic acids is 2. The maximum atomic E-state index is 13.9. The summed E-state index contributed by atoms with van der Waals surface area (Å²) in [5, 5.41) is 3.27. The summed E-state index contributed by atoms with van der Waals surface area (Å²) in [5.74, 6) is -3.56. The number of thiazole rings is 1. The third-order valence-corrected chi connectivity index (χ3v) is 6.14. The summed E-state index contributed by atoms with van der Waals surface area (Å²) in [4.78, 5) is 35.9. The van der Waals surface area contributed by atoms with Gasteiger partial charge in [0.05, 0.1) is 18.0 Å². The molecule has 2 aromatic heterocycles. The number of esters is 1. The van der Waals surface area contributed by atoms with Gasteiger partial charge in [-0.25, -0.2) is 23.5 Å². The lowest BCUT2D eigenvalue weighted by atomic mass is 10.1. The van der Waals surface area contributed by atoms with Crippen molar-refractivity contribution in [2.75, 3.05) is 18.5 Å². The molecule has 3 rings (SSSR count). The summed E-state index contributed by atoms with van der Waals surface area (Å²) >= 11 is 1.00. The number of unbranched alkanes of at least 4 members (excludes halogenated alkanes) is 1. The molecule has 33 heavy (non-hydrogen) atoms. The SMILES string of the molecule is CCCCOC(=O)c1nc(C(=O)N2CC(F)(F)C[C@@H]2C)c(-c2ccc(NC(C)(C)C)nc2)s1. The van der Waals surface area contributed by atoms with E-state index in [9.17, 15) is 18.4 Å². The molecule has 1 amide bonds. The zero-order valence-corrected chi connectivity index (χ0v) is 20.4. The second-order valence-electron chi connectivity index (χ2n) is 9.34. The highest BCUT2D eigenvalue weighted by Crippen LogP contribution is 2.36. The summed E-state index contributed by atoms with van der Waals surface area (Å²) in [6.45, 7) is 9.15. The third-order valence-electron chi connectivity index (χ3n) is 5.05. The number of hydrogen-bond donors (Lipinski definition) is 1. The number of anilines is 1. The molecule has 0 bridgehead atoms. The number of halogens is 2. The first-order chi connectivity index (χ1) is 15.4. The first-order valence-corrected chi connectivity index (χ1v) is 11.8. The van der Waals surface area contributed by atoms with Gasteiger partial charge < -0.3 is 15.0 Å². The molecule has 7 nitrogen and oxygen atoms in total. The quantitative estimate of drug-likeness (QED) is 0.431. The molecule has 0 unspecified atom stereocenters. The average molecular weight is 481 g/mol. The van der Waals surface area contributed by atoms with Crippen molar-refractivity contribution in [1.82, 2.24) is 14.9 Å². The predicted molar refractivity (Wildman–Crippen MR) is 124 cm³/mol. The molecule has 0 spiro atoms. The number of aromatic nitrogens is 2. The van der Waals surface area contributed by atoms with E-state index in [1.165, 1.54) is 0 Å². The maximum absolute atomic E-state index is 13.9. The molecule has 0 radical (unpaired) electrons. The fraction of sp³-hybridized carbons (Fsp3) is 0.565. The first kappa shape index (κ1) is 25.0. The van der Waals surface area contributed by atoms with Gasteiger partial charge in [0.15, 0.2) is 0 Å². The highest BCUT2D eigenvalue weighted by molar-refractivity contribution is 7.17. The Balaban J connectivity index is 1.95. The van der Waals surface area contributed by atoms with Crippen molar-refractivity contribution < 1.29 is 23.1 Å². The number of pyridine rings is 1. The van der Waals surface area contributed by atoms with E-state index in [1.807, 2.05) is 27.7 Å². The van der Waals surface area contributed by atoms with Gasteiger partial charge in [0.2, 0.25) is 5.01 Å². The Morgan fingerprint density at radius 3 is 2.61 bits per heavy atom. The fourth-order valence-electron chi connectivity index (χ4n) is 3.53. The van der Waals surface area contributed by atoms with Gasteiger partial charge in [0.25, 0.3) is 11.8 Å². The van der Waals surface area contributed by atoms with Crippen LogP contribution in [0.1, 0.15) is 74.2 Å². The molecule has 0 aromatic carbocycles. The Morgan fingerprint density at radius 1 is 1.33 bits per heavy atom. The topological polar surface area (TPSA) is 84.4 Å². The summed E-state index contributed by atoms with van der Waals surface area (Å²) in [7, 11) is 0. The molecule has 0 aliphatic carbocycles. The number of likely N-dealkylation sites (tertiary alicyclic amines) is 1. The van der Waals surface area contributed by atoms with Gasteiger partial charge in [0, 0.05) is 29.8 Å². The van der Waals surface area contributed by atoms with Crippen LogP contribution in [0.25, 0.3) is 10.4 Å². The number of carbonyl (C=O) groups is 2. The van der Waals surface area contributed by atoms with Crippen molar-refractivity contribution in [2.24, 2.45) is 0 Å². The van der Waals surface area contributed by atoms with Crippen molar-refractivity contribution in [3.05, 3.63) is 29.0 Å². The number of hydrogen-bond acceptors (Lipinski definition) is 7. The number of nitrogens with zero attached hydrogens (tertiary/aromatic N) is 3. The largest absolute Gasteiger partial charge is 0.460 e. The molecule has 1 saturated heterocycles. The monoisotopic (exact) mass is 480 g/mol. The van der Waals surface area contributed by atoms with Crippen LogP contribution < -0.4 is 5.32 Å². The van der Waals surface area contributed by atoms with Gasteiger partial charge in [-0.15, -0.1) is 11.3 Å². The van der Waals surface area contributed by atoms with E-state index in [-0.39, 0.29) is 22.8 Å². The molecule has 180 valence electrons. The molecule has 3 heterocycles. The van der Waals surface area contributed by atoms with Gasteiger partial charge in [-0.05, 0) is 46.2 Å². The molecule has 0 saturated carbocycles. The van der Waals surface area contributed by atoms with Crippen molar-refractivity contribution in [3.8, 4) is 10.4 Å². The zero-order chi connectivity index (χ0) is 24.4. The number of ether oxygens (including phenoxy) is 1. The van der Waals surface area contributed by atoms with Crippen molar-refractivity contribution in [3.63, 3.8) is 0 Å². The van der Waals surface area contributed by atoms with E-state index in [4.69, 9.17) is 4.74 Å². The summed E-state index contributed by atoms with van der Waals surface area (Å²) in [6, 6.07) is 2.89. The van der Waals surface area contributed by atoms with Gasteiger partial charge in [-0.2, -0.15) is 0 Å². The lowest BCUT2D eigenvalue weighted by Crippen LogP contribution is -2.35. The van der Waals surface area contributed by atoms with Crippen LogP contribution in [0, 0.1) is 0 Å². The van der Waals surface area contributed by atoms with Gasteiger partial charge >= 0.3 is 5.97 Å². The second-order valence-corrected chi connectivity index (χ2v) is 10.3. The minimum Gasteiger partial charge on any atom is -0.460 e. The number of amides is 1. The molecular weight excluding hydrogens is 450 g/mol. The highest BCUT2D eigenvalue weighted by Gasteiger charge is 2.46. The molecule has 1 aliphatic rings. The third kappa shape index (κ3) is 6.25. The van der Waals surface area contributed by atoms with Crippen LogP contribution in [0.15, 0.2) is 18.3 Å². The smallest absolute Gasteiger partial charge is 0.367 e. The van der Waals surface area contributed by atoms with E-state index >= 15 is 0 Å². The Labute approximate surface area is 196 Å². The molecule has 1 atom stereocenters. The van der Waals surface area contributed by atoms with E-state index in [1.54, 1.807) is 25.3 Å². The molecule has 1 fully saturated rings. The van der Waals surface area contributed by atoms with Crippen LogP contribution in [-0.2, 0) is 4.74 Å². The van der Waals surface area contributed by atoms with E-state index in [2.05, 4.69) is 15.3 Å². The van der Waals surface area contributed by atoms with E-state index in [0.29, 0.717) is 22.7 Å². The van der Waals surface area contributed by atoms with Crippen LogP contribution in [0.3, 0.4) is 0 Å². The van der Waals surface area contributed by atoms with Crippen LogP contribution in [0.4, 0.5) is 14.6 Å². The summed E-state index contributed by atoms with van der Waals surface area (Å²) in [6.07, 6.45) is 2.75. The summed E-state index contributed by atoms with van der Waals surface area (Å²) in [5.41, 5.74) is 0.346. The Hall–Kier alpha value is -2.62. The Bertz CT molecular complexity index is 1000. The van der Waals surface area contributed by atoms with Crippen molar-refractivity contribution in [2.45, 2.75) is 71.4 Å². The maximum Gasteiger partial charge on any atom is 0.367 e. The fourth-order valence-corrected chi connectivity index (χ4v) is 4.47. The second kappa shape index (κ2) is 9.70. The highest BCUT2D eigenvalue weighted by atomic mass is 32.1. The predicted octanol–water partition coefficient (Wildman–Crippen LogP) is 5.24. The molecular formula is C23H30F2N4O3S. The van der Waals surface area contributed by atoms with E-state index in [0.717, 1.165) is 22.7 Å². The Kier molecular flexibility index (Phi) is 7.36. The average Bonchev–Trinajstić information content (AvgIpc) is 3.27. The normalized spacial score (nSPS) is 17.8. The molecule has 10 heteroatoms. The van der Waals surface area contributed by atoms with Crippen molar-refractivity contribution >= 4 is 29.0 Å². The lowest BCUT2D eigenvalue weighted by Gasteiger charge is -2.21. The lowest BCUT2D eigenvalue weighted by molar-refractivity contribution is 0.0117. The van der Waals surface area contributed by atoms with Crippen molar-refractivity contribution in [1.29, 1.82) is 0 Å². The van der Waals surface area contributed by atoms with Crippen LogP contribution >= 0.6 is 11.3 Å². The number of nitrogens with one attached hydrogen (secondary N) is 1. The summed E-state index contributed by atoms with van der Waals surface area (Å²) < 4.78 is 33.1. The zero-order valence-electron chi connectivity index (χ0n) is 19.6. The van der Waals surface area contributed by atoms with Gasteiger partial charge in [0.1, 0.15) is 11.5 Å². The van der Waals surface area contributed by atoms with Gasteiger partial charge in [-0.3, -0.25) is 4.79 Å². The minimum absolute atomic E-state index is 0.0138. The minimum atomic E-state index is -2.95. The number of rotatable bonds is 7. The standard InChI is InChI=1S/C23H30F2N4O3S/c1-6-7-10-32-21(31)19-27-17(20(30)29-13-23(24,25)11-14(29)2)18(33-19)15-8-9-16(26-12-15)28-22(3,4)5/h8-9,12,14H,6-7,10-11,13H2,1-5H3,(H,26,28)/t14-/m0/s1. The molecule has 2 aromatic rings. The Morgan fingerprint density at radius 2 is 2.06 bits per heavy atom. The number of alkyl halides is 2. The van der Waals surface area contributed by atoms with Crippen LogP contribution in [0.2, 0.25) is 0 Å². The van der Waals surface area contributed by atoms with E-state index < -0.39 is 36.8 Å². The molecule has 1 N–H and O–H groups in total. The van der Waals surface area contributed by atoms with Gasteiger partial charge in [-0.1, -0.05) is 13.3 Å². The van der Waals surface area contributed by atoms with Crippen LogP contribution in [0.5, 0.6) is 0 Å². The first-order valence-electron chi connectivity index (χ1n) is 11.0.